The van der Waals surface area contributed by atoms with Crippen molar-refractivity contribution in [3.05, 3.63) is 63.9 Å². The quantitative estimate of drug-likeness (QED) is 0.718. The van der Waals surface area contributed by atoms with Crippen molar-refractivity contribution in [2.75, 3.05) is 0 Å². The van der Waals surface area contributed by atoms with Crippen LogP contribution in [0.1, 0.15) is 6.92 Å². The molecule has 0 amide bonds. The van der Waals surface area contributed by atoms with Crippen LogP contribution in [-0.4, -0.2) is 9.55 Å². The van der Waals surface area contributed by atoms with E-state index in [1.54, 1.807) is 16.7 Å². The Kier molecular flexibility index (Phi) is 3.28. The second kappa shape index (κ2) is 5.10. The van der Waals surface area contributed by atoms with E-state index in [0.717, 1.165) is 5.56 Å². The van der Waals surface area contributed by atoms with Gasteiger partial charge in [0.1, 0.15) is 5.82 Å². The Bertz CT molecular complexity index is 822. The van der Waals surface area contributed by atoms with E-state index in [-0.39, 0.29) is 5.56 Å². The maximum atomic E-state index is 12.5. The van der Waals surface area contributed by atoms with E-state index in [0.29, 0.717) is 28.3 Å². The highest BCUT2D eigenvalue weighted by atomic mass is 35.5. The zero-order valence-electron chi connectivity index (χ0n) is 11.0. The van der Waals surface area contributed by atoms with E-state index in [1.165, 1.54) is 0 Å². The largest absolute Gasteiger partial charge is 0.292 e. The Morgan fingerprint density at radius 3 is 2.50 bits per heavy atom. The molecule has 0 bridgehead atoms. The van der Waals surface area contributed by atoms with Crippen LogP contribution in [0.5, 0.6) is 0 Å². The SMILES string of the molecule is CCn1c(-c2ccc(Cl)cc2)nc2ccccc2c1=O. The lowest BCUT2D eigenvalue weighted by Crippen LogP contribution is -2.22. The van der Waals surface area contributed by atoms with E-state index < -0.39 is 0 Å². The van der Waals surface area contributed by atoms with Crippen LogP contribution in [0.2, 0.25) is 5.02 Å². The van der Waals surface area contributed by atoms with Gasteiger partial charge in [-0.25, -0.2) is 4.98 Å². The van der Waals surface area contributed by atoms with Gasteiger partial charge in [-0.15, -0.1) is 0 Å². The Balaban J connectivity index is 2.34. The van der Waals surface area contributed by atoms with Crippen LogP contribution in [-0.2, 0) is 6.54 Å². The first-order chi connectivity index (χ1) is 9.70. The van der Waals surface area contributed by atoms with Crippen molar-refractivity contribution in [3.8, 4) is 11.4 Å². The molecule has 3 aromatic rings. The van der Waals surface area contributed by atoms with Crippen molar-refractivity contribution >= 4 is 22.5 Å². The molecule has 4 heteroatoms. The van der Waals surface area contributed by atoms with Gasteiger partial charge in [-0.05, 0) is 43.3 Å². The lowest BCUT2D eigenvalue weighted by atomic mass is 10.2. The van der Waals surface area contributed by atoms with Gasteiger partial charge in [-0.2, -0.15) is 0 Å². The fourth-order valence-corrected chi connectivity index (χ4v) is 2.41. The first-order valence-corrected chi connectivity index (χ1v) is 6.84. The Morgan fingerprint density at radius 1 is 1.10 bits per heavy atom. The molecule has 0 atom stereocenters. The molecule has 0 aliphatic heterocycles. The molecule has 2 aromatic carbocycles. The molecule has 0 saturated heterocycles. The highest BCUT2D eigenvalue weighted by molar-refractivity contribution is 6.30. The monoisotopic (exact) mass is 284 g/mol. The molecule has 0 radical (unpaired) electrons. The Morgan fingerprint density at radius 2 is 1.80 bits per heavy atom. The molecular formula is C16H13ClN2O. The van der Waals surface area contributed by atoms with E-state index in [2.05, 4.69) is 4.98 Å². The molecule has 0 aliphatic carbocycles. The Labute approximate surface area is 121 Å². The van der Waals surface area contributed by atoms with Gasteiger partial charge in [0.25, 0.3) is 5.56 Å². The number of hydrogen-bond donors (Lipinski definition) is 0. The molecule has 3 rings (SSSR count). The van der Waals surface area contributed by atoms with Gasteiger partial charge in [0.2, 0.25) is 0 Å². The van der Waals surface area contributed by atoms with Crippen molar-refractivity contribution in [1.82, 2.24) is 9.55 Å². The van der Waals surface area contributed by atoms with Crippen LogP contribution in [0.25, 0.3) is 22.3 Å². The molecule has 0 saturated carbocycles. The highest BCUT2D eigenvalue weighted by Gasteiger charge is 2.11. The van der Waals surface area contributed by atoms with Crippen LogP contribution in [0, 0.1) is 0 Å². The zero-order valence-corrected chi connectivity index (χ0v) is 11.8. The van der Waals surface area contributed by atoms with Crippen LogP contribution in [0.3, 0.4) is 0 Å². The van der Waals surface area contributed by atoms with E-state index in [1.807, 2.05) is 43.3 Å². The summed E-state index contributed by atoms with van der Waals surface area (Å²) in [5.74, 6) is 0.674. The summed E-state index contributed by atoms with van der Waals surface area (Å²) in [6, 6.07) is 14.8. The summed E-state index contributed by atoms with van der Waals surface area (Å²) in [5, 5.41) is 1.31. The minimum absolute atomic E-state index is 0.0111. The molecule has 0 fully saturated rings. The molecule has 1 aromatic heterocycles. The van der Waals surface area contributed by atoms with Gasteiger partial charge in [0.05, 0.1) is 10.9 Å². The fraction of sp³-hybridized carbons (Fsp3) is 0.125. The highest BCUT2D eigenvalue weighted by Crippen LogP contribution is 2.20. The van der Waals surface area contributed by atoms with Gasteiger partial charge in [0, 0.05) is 17.1 Å². The maximum absolute atomic E-state index is 12.5. The topological polar surface area (TPSA) is 34.9 Å². The number of benzene rings is 2. The zero-order chi connectivity index (χ0) is 14.1. The number of nitrogens with zero attached hydrogens (tertiary/aromatic N) is 2. The van der Waals surface area contributed by atoms with Gasteiger partial charge in [-0.1, -0.05) is 23.7 Å². The molecule has 0 spiro atoms. The van der Waals surface area contributed by atoms with Crippen molar-refractivity contribution in [1.29, 1.82) is 0 Å². The molecule has 0 aliphatic rings. The van der Waals surface area contributed by atoms with Crippen LogP contribution in [0.4, 0.5) is 0 Å². The van der Waals surface area contributed by atoms with Crippen LogP contribution >= 0.6 is 11.6 Å². The fourth-order valence-electron chi connectivity index (χ4n) is 2.28. The van der Waals surface area contributed by atoms with Crippen LogP contribution in [0.15, 0.2) is 53.3 Å². The van der Waals surface area contributed by atoms with Crippen molar-refractivity contribution in [2.24, 2.45) is 0 Å². The number of fused-ring (bicyclic) bond motifs is 1. The summed E-state index contributed by atoms with van der Waals surface area (Å²) in [6.07, 6.45) is 0. The third kappa shape index (κ3) is 2.10. The lowest BCUT2D eigenvalue weighted by Gasteiger charge is -2.11. The summed E-state index contributed by atoms with van der Waals surface area (Å²) in [7, 11) is 0. The molecule has 20 heavy (non-hydrogen) atoms. The van der Waals surface area contributed by atoms with Gasteiger partial charge < -0.3 is 0 Å². The molecule has 100 valence electrons. The average molecular weight is 285 g/mol. The number of aromatic nitrogens is 2. The summed E-state index contributed by atoms with van der Waals surface area (Å²) in [6.45, 7) is 2.52. The summed E-state index contributed by atoms with van der Waals surface area (Å²) in [5.41, 5.74) is 1.59. The average Bonchev–Trinajstić information content (AvgIpc) is 2.48. The second-order valence-electron chi connectivity index (χ2n) is 4.51. The van der Waals surface area contributed by atoms with Gasteiger partial charge in [0.15, 0.2) is 0 Å². The molecule has 0 unspecified atom stereocenters. The van der Waals surface area contributed by atoms with Gasteiger partial charge >= 0.3 is 0 Å². The lowest BCUT2D eigenvalue weighted by molar-refractivity contribution is 0.728. The molecule has 0 N–H and O–H groups in total. The third-order valence-corrected chi connectivity index (χ3v) is 3.53. The molecule has 1 heterocycles. The first kappa shape index (κ1) is 12.9. The van der Waals surface area contributed by atoms with E-state index in [9.17, 15) is 4.79 Å². The minimum atomic E-state index is -0.0111. The molecular weight excluding hydrogens is 272 g/mol. The predicted molar refractivity (Wildman–Crippen MR) is 82.1 cm³/mol. The summed E-state index contributed by atoms with van der Waals surface area (Å²) >= 11 is 5.91. The Hall–Kier alpha value is -2.13. The second-order valence-corrected chi connectivity index (χ2v) is 4.95. The van der Waals surface area contributed by atoms with Crippen molar-refractivity contribution in [2.45, 2.75) is 13.5 Å². The van der Waals surface area contributed by atoms with Crippen molar-refractivity contribution < 1.29 is 0 Å². The van der Waals surface area contributed by atoms with Crippen LogP contribution < -0.4 is 5.56 Å². The number of rotatable bonds is 2. The van der Waals surface area contributed by atoms with Gasteiger partial charge in [-0.3, -0.25) is 9.36 Å². The summed E-state index contributed by atoms with van der Waals surface area (Å²) in [4.78, 5) is 17.1. The maximum Gasteiger partial charge on any atom is 0.261 e. The minimum Gasteiger partial charge on any atom is -0.292 e. The predicted octanol–water partition coefficient (Wildman–Crippen LogP) is 3.74. The smallest absolute Gasteiger partial charge is 0.261 e. The first-order valence-electron chi connectivity index (χ1n) is 6.46. The normalized spacial score (nSPS) is 10.9. The summed E-state index contributed by atoms with van der Waals surface area (Å²) < 4.78 is 1.69. The number of para-hydroxylation sites is 1. The number of halogens is 1. The van der Waals surface area contributed by atoms with E-state index >= 15 is 0 Å². The third-order valence-electron chi connectivity index (χ3n) is 3.28. The molecule has 3 nitrogen and oxygen atoms in total. The standard InChI is InChI=1S/C16H13ClN2O/c1-2-19-15(11-7-9-12(17)10-8-11)18-14-6-4-3-5-13(14)16(19)20/h3-10H,2H2,1H3. The van der Waals surface area contributed by atoms with Crippen molar-refractivity contribution in [3.63, 3.8) is 0 Å². The van der Waals surface area contributed by atoms with E-state index in [4.69, 9.17) is 11.6 Å². The number of hydrogen-bond acceptors (Lipinski definition) is 2.